The Hall–Kier alpha value is -0.390. The number of halogens is 2. The Kier molecular flexibility index (Phi) is 3.73. The van der Waals surface area contributed by atoms with Crippen LogP contribution in [-0.2, 0) is 0 Å². The lowest BCUT2D eigenvalue weighted by atomic mass is 10.4. The van der Waals surface area contributed by atoms with Crippen LogP contribution >= 0.6 is 43.6 Å². The van der Waals surface area contributed by atoms with Crippen molar-refractivity contribution in [2.75, 3.05) is 0 Å². The van der Waals surface area contributed by atoms with E-state index >= 15 is 0 Å². The van der Waals surface area contributed by atoms with Crippen LogP contribution in [0.3, 0.4) is 0 Å². The lowest BCUT2D eigenvalue weighted by Gasteiger charge is -2.04. The normalized spacial score (nSPS) is 14.8. The van der Waals surface area contributed by atoms with Crippen molar-refractivity contribution in [2.24, 2.45) is 0 Å². The fraction of sp³-hybridized carbons (Fsp3) is 0.231. The Balaban J connectivity index is 1.85. The van der Waals surface area contributed by atoms with Gasteiger partial charge >= 0.3 is 0 Å². The SMILES string of the molecule is Brc1ccc(Sc2cc(Br)nc(C3CC3)n2)cc1. The minimum absolute atomic E-state index is 0.576. The van der Waals surface area contributed by atoms with Gasteiger partial charge in [-0.3, -0.25) is 0 Å². The third-order valence-corrected chi connectivity index (χ3v) is 4.53. The molecule has 0 N–H and O–H groups in total. The molecule has 0 aliphatic heterocycles. The first-order valence-electron chi connectivity index (χ1n) is 5.68. The lowest BCUT2D eigenvalue weighted by Crippen LogP contribution is -1.94. The van der Waals surface area contributed by atoms with Gasteiger partial charge in [0.2, 0.25) is 0 Å². The van der Waals surface area contributed by atoms with E-state index in [1.165, 1.54) is 17.7 Å². The standard InChI is InChI=1S/C13H10Br2N2S/c14-9-3-5-10(6-4-9)18-12-7-11(15)16-13(17-12)8-1-2-8/h3-8H,1-2H2. The van der Waals surface area contributed by atoms with E-state index < -0.39 is 0 Å². The number of aromatic nitrogens is 2. The molecule has 0 spiro atoms. The molecule has 18 heavy (non-hydrogen) atoms. The van der Waals surface area contributed by atoms with Crippen molar-refractivity contribution in [3.05, 3.63) is 45.2 Å². The Morgan fingerprint density at radius 1 is 1.06 bits per heavy atom. The van der Waals surface area contributed by atoms with Gasteiger partial charge in [-0.1, -0.05) is 27.7 Å². The van der Waals surface area contributed by atoms with Gasteiger partial charge in [0.15, 0.2) is 0 Å². The van der Waals surface area contributed by atoms with E-state index in [-0.39, 0.29) is 0 Å². The van der Waals surface area contributed by atoms with E-state index in [9.17, 15) is 0 Å². The zero-order chi connectivity index (χ0) is 12.5. The van der Waals surface area contributed by atoms with Crippen LogP contribution in [-0.4, -0.2) is 9.97 Å². The largest absolute Gasteiger partial charge is 0.226 e. The number of benzene rings is 1. The van der Waals surface area contributed by atoms with Crippen molar-refractivity contribution in [1.82, 2.24) is 9.97 Å². The van der Waals surface area contributed by atoms with Gasteiger partial charge in [0.1, 0.15) is 15.5 Å². The molecule has 0 radical (unpaired) electrons. The van der Waals surface area contributed by atoms with E-state index in [0.29, 0.717) is 5.92 Å². The van der Waals surface area contributed by atoms with Gasteiger partial charge in [-0.15, -0.1) is 0 Å². The number of hydrogen-bond donors (Lipinski definition) is 0. The highest BCUT2D eigenvalue weighted by atomic mass is 79.9. The fourth-order valence-electron chi connectivity index (χ4n) is 1.61. The molecule has 0 atom stereocenters. The first-order chi connectivity index (χ1) is 8.70. The molecule has 1 fully saturated rings. The smallest absolute Gasteiger partial charge is 0.134 e. The van der Waals surface area contributed by atoms with Gasteiger partial charge in [-0.05, 0) is 53.0 Å². The summed E-state index contributed by atoms with van der Waals surface area (Å²) >= 11 is 8.57. The van der Waals surface area contributed by atoms with Crippen molar-refractivity contribution in [2.45, 2.75) is 28.7 Å². The average Bonchev–Trinajstić information content (AvgIpc) is 3.15. The fourth-order valence-corrected chi connectivity index (χ4v) is 3.25. The van der Waals surface area contributed by atoms with Gasteiger partial charge in [0, 0.05) is 21.4 Å². The van der Waals surface area contributed by atoms with Gasteiger partial charge in [-0.25, -0.2) is 9.97 Å². The van der Waals surface area contributed by atoms with Gasteiger partial charge in [-0.2, -0.15) is 0 Å². The number of hydrogen-bond acceptors (Lipinski definition) is 3. The second kappa shape index (κ2) is 5.31. The van der Waals surface area contributed by atoms with E-state index in [2.05, 4.69) is 54.0 Å². The van der Waals surface area contributed by atoms with Crippen LogP contribution in [0.2, 0.25) is 0 Å². The molecule has 92 valence electrons. The summed E-state index contributed by atoms with van der Waals surface area (Å²) in [5, 5.41) is 1.00. The quantitative estimate of drug-likeness (QED) is 0.693. The molecule has 5 heteroatoms. The van der Waals surface area contributed by atoms with Crippen LogP contribution in [0, 0.1) is 0 Å². The molecular weight excluding hydrogens is 376 g/mol. The Bertz CT molecular complexity index is 568. The Labute approximate surface area is 127 Å². The molecule has 0 bridgehead atoms. The Morgan fingerprint density at radius 3 is 2.44 bits per heavy atom. The first kappa shape index (κ1) is 12.6. The van der Waals surface area contributed by atoms with Crippen molar-refractivity contribution in [3.8, 4) is 0 Å². The zero-order valence-electron chi connectivity index (χ0n) is 9.44. The molecule has 1 aromatic carbocycles. The van der Waals surface area contributed by atoms with Crippen molar-refractivity contribution in [3.63, 3.8) is 0 Å². The molecule has 0 saturated heterocycles. The lowest BCUT2D eigenvalue weighted by molar-refractivity contribution is 0.866. The van der Waals surface area contributed by atoms with Crippen molar-refractivity contribution in [1.29, 1.82) is 0 Å². The average molecular weight is 386 g/mol. The summed E-state index contributed by atoms with van der Waals surface area (Å²) in [4.78, 5) is 10.2. The second-order valence-electron chi connectivity index (χ2n) is 4.22. The summed E-state index contributed by atoms with van der Waals surface area (Å²) in [6, 6.07) is 10.2. The predicted molar refractivity (Wildman–Crippen MR) is 80.0 cm³/mol. The molecule has 1 saturated carbocycles. The Morgan fingerprint density at radius 2 is 1.78 bits per heavy atom. The summed E-state index contributed by atoms with van der Waals surface area (Å²) in [6.45, 7) is 0. The molecular formula is C13H10Br2N2S. The summed E-state index contributed by atoms with van der Waals surface area (Å²) in [5.41, 5.74) is 0. The van der Waals surface area contributed by atoms with Crippen molar-refractivity contribution < 1.29 is 0 Å². The van der Waals surface area contributed by atoms with Crippen LogP contribution in [0.5, 0.6) is 0 Å². The molecule has 3 rings (SSSR count). The maximum absolute atomic E-state index is 4.62. The molecule has 1 aliphatic rings. The van der Waals surface area contributed by atoms with Gasteiger partial charge in [0.25, 0.3) is 0 Å². The maximum atomic E-state index is 4.62. The summed E-state index contributed by atoms with van der Waals surface area (Å²) < 4.78 is 1.97. The monoisotopic (exact) mass is 384 g/mol. The highest BCUT2D eigenvalue weighted by molar-refractivity contribution is 9.10. The van der Waals surface area contributed by atoms with Crippen LogP contribution in [0.1, 0.15) is 24.6 Å². The molecule has 1 aromatic heterocycles. The minimum atomic E-state index is 0.576. The summed E-state index contributed by atoms with van der Waals surface area (Å²) in [6.07, 6.45) is 2.44. The first-order valence-corrected chi connectivity index (χ1v) is 8.09. The third-order valence-electron chi connectivity index (χ3n) is 2.67. The van der Waals surface area contributed by atoms with Gasteiger partial charge in [0.05, 0.1) is 0 Å². The molecule has 0 unspecified atom stereocenters. The number of rotatable bonds is 3. The van der Waals surface area contributed by atoms with Crippen LogP contribution in [0.15, 0.2) is 49.3 Å². The van der Waals surface area contributed by atoms with Crippen LogP contribution in [0.4, 0.5) is 0 Å². The van der Waals surface area contributed by atoms with Crippen LogP contribution in [0.25, 0.3) is 0 Å². The summed E-state index contributed by atoms with van der Waals surface area (Å²) in [5.74, 6) is 1.55. The van der Waals surface area contributed by atoms with E-state index in [1.54, 1.807) is 11.8 Å². The molecule has 2 nitrogen and oxygen atoms in total. The van der Waals surface area contributed by atoms with Crippen molar-refractivity contribution >= 4 is 43.6 Å². The zero-order valence-corrected chi connectivity index (χ0v) is 13.4. The highest BCUT2D eigenvalue weighted by Crippen LogP contribution is 2.39. The molecule has 1 aliphatic carbocycles. The summed E-state index contributed by atoms with van der Waals surface area (Å²) in [7, 11) is 0. The topological polar surface area (TPSA) is 25.8 Å². The number of nitrogens with zero attached hydrogens (tertiary/aromatic N) is 2. The maximum Gasteiger partial charge on any atom is 0.134 e. The predicted octanol–water partition coefficient (Wildman–Crippen LogP) is 5.03. The molecule has 0 amide bonds. The minimum Gasteiger partial charge on any atom is -0.226 e. The highest BCUT2D eigenvalue weighted by Gasteiger charge is 2.27. The molecule has 1 heterocycles. The van der Waals surface area contributed by atoms with E-state index in [4.69, 9.17) is 0 Å². The third kappa shape index (κ3) is 3.13. The van der Waals surface area contributed by atoms with E-state index in [1.807, 2.05) is 18.2 Å². The molecule has 2 aromatic rings. The van der Waals surface area contributed by atoms with Gasteiger partial charge < -0.3 is 0 Å². The second-order valence-corrected chi connectivity index (χ2v) is 7.04. The van der Waals surface area contributed by atoms with Crippen LogP contribution < -0.4 is 0 Å². The van der Waals surface area contributed by atoms with E-state index in [0.717, 1.165) is 19.9 Å².